The van der Waals surface area contributed by atoms with E-state index in [-0.39, 0.29) is 39.0 Å². The van der Waals surface area contributed by atoms with E-state index in [0.29, 0.717) is 5.56 Å². The molecule has 6 nitrogen and oxygen atoms in total. The molecule has 184 valence electrons. The van der Waals surface area contributed by atoms with Crippen LogP contribution in [0.4, 0.5) is 23.7 Å². The highest BCUT2D eigenvalue weighted by Gasteiger charge is 2.34. The van der Waals surface area contributed by atoms with Crippen LogP contribution in [0.25, 0.3) is 11.1 Å². The molecule has 0 saturated heterocycles. The van der Waals surface area contributed by atoms with Gasteiger partial charge in [-0.05, 0) is 41.8 Å². The molecule has 3 aromatic carbocycles. The average Bonchev–Trinajstić information content (AvgIpc) is 2.77. The fourth-order valence-electron chi connectivity index (χ4n) is 3.32. The number of aliphatic carboxylic acids is 1. The first kappa shape index (κ1) is 26.3. The number of amides is 2. The van der Waals surface area contributed by atoms with E-state index in [1.165, 1.54) is 42.5 Å². The van der Waals surface area contributed by atoms with E-state index in [1.807, 2.05) is 0 Å². The Labute approximate surface area is 208 Å². The predicted octanol–water partition coefficient (Wildman–Crippen LogP) is 6.29. The van der Waals surface area contributed by atoms with Gasteiger partial charge in [0.15, 0.2) is 5.60 Å². The number of urea groups is 1. The molecule has 3 rings (SSSR count). The summed E-state index contributed by atoms with van der Waals surface area (Å²) in [5, 5.41) is 24.1. The number of hydrogen-bond donors (Lipinski definition) is 4. The number of halogens is 5. The van der Waals surface area contributed by atoms with Gasteiger partial charge in [-0.25, -0.2) is 9.59 Å². The number of hydrogen-bond acceptors (Lipinski definition) is 3. The Morgan fingerprint density at radius 1 is 0.971 bits per heavy atom. The van der Waals surface area contributed by atoms with Gasteiger partial charge < -0.3 is 20.8 Å². The number of carbonyl (C=O) groups excluding carboxylic acids is 1. The average molecular weight is 527 g/mol. The van der Waals surface area contributed by atoms with Gasteiger partial charge in [0.2, 0.25) is 0 Å². The van der Waals surface area contributed by atoms with Crippen LogP contribution < -0.4 is 10.6 Å². The molecule has 35 heavy (non-hydrogen) atoms. The summed E-state index contributed by atoms with van der Waals surface area (Å²) in [7, 11) is 0. The normalized spacial score (nSPS) is 13.1. The van der Waals surface area contributed by atoms with Crippen LogP contribution >= 0.6 is 23.2 Å². The first-order valence-corrected chi connectivity index (χ1v) is 10.8. The smallest absolute Gasteiger partial charge is 0.417 e. The lowest BCUT2D eigenvalue weighted by molar-refractivity contribution is -0.157. The van der Waals surface area contributed by atoms with E-state index in [0.717, 1.165) is 13.0 Å². The third-order valence-corrected chi connectivity index (χ3v) is 5.76. The maximum absolute atomic E-state index is 13.4. The van der Waals surface area contributed by atoms with E-state index in [1.54, 1.807) is 12.1 Å². The van der Waals surface area contributed by atoms with Crippen molar-refractivity contribution in [3.8, 4) is 11.1 Å². The summed E-state index contributed by atoms with van der Waals surface area (Å²) >= 11 is 12.5. The molecule has 0 fully saturated rings. The van der Waals surface area contributed by atoms with Crippen molar-refractivity contribution in [2.75, 3.05) is 5.32 Å². The highest BCUT2D eigenvalue weighted by atomic mass is 35.5. The van der Waals surface area contributed by atoms with Gasteiger partial charge in [0.1, 0.15) is 0 Å². The zero-order valence-electron chi connectivity index (χ0n) is 18.1. The number of carboxylic acid groups (broad SMARTS) is 1. The van der Waals surface area contributed by atoms with Gasteiger partial charge >= 0.3 is 18.2 Å². The van der Waals surface area contributed by atoms with Crippen LogP contribution in [0.15, 0.2) is 60.7 Å². The number of carbonyl (C=O) groups is 2. The lowest BCUT2D eigenvalue weighted by atomic mass is 9.94. The number of nitrogens with one attached hydrogen (secondary N) is 2. The second kappa shape index (κ2) is 10.2. The van der Waals surface area contributed by atoms with Crippen molar-refractivity contribution in [3.63, 3.8) is 0 Å². The molecule has 0 aromatic heterocycles. The Bertz CT molecular complexity index is 1260. The molecule has 0 spiro atoms. The molecule has 0 heterocycles. The third kappa shape index (κ3) is 6.05. The van der Waals surface area contributed by atoms with Crippen LogP contribution in [0.1, 0.15) is 23.6 Å². The minimum absolute atomic E-state index is 0.00607. The number of carboxylic acids is 1. The molecule has 0 bridgehead atoms. The second-order valence-corrected chi connectivity index (χ2v) is 8.56. The quantitative estimate of drug-likeness (QED) is 0.303. The fraction of sp³-hybridized carbons (Fsp3) is 0.167. The van der Waals surface area contributed by atoms with Crippen molar-refractivity contribution in [1.29, 1.82) is 0 Å². The minimum atomic E-state index is -4.62. The van der Waals surface area contributed by atoms with Crippen LogP contribution in [0.3, 0.4) is 0 Å². The van der Waals surface area contributed by atoms with Gasteiger partial charge in [-0.3, -0.25) is 0 Å². The molecule has 0 aliphatic carbocycles. The van der Waals surface area contributed by atoms with E-state index in [2.05, 4.69) is 10.6 Å². The minimum Gasteiger partial charge on any atom is -0.479 e. The molecule has 0 saturated carbocycles. The molecule has 1 atom stereocenters. The largest absolute Gasteiger partial charge is 0.479 e. The summed E-state index contributed by atoms with van der Waals surface area (Å²) in [6.07, 6.45) is -4.62. The zero-order valence-corrected chi connectivity index (χ0v) is 19.6. The molecule has 3 aromatic rings. The number of anilines is 1. The molecule has 11 heteroatoms. The summed E-state index contributed by atoms with van der Waals surface area (Å²) < 4.78 is 40.2. The lowest BCUT2D eigenvalue weighted by Crippen LogP contribution is -2.32. The van der Waals surface area contributed by atoms with Gasteiger partial charge in [-0.15, -0.1) is 0 Å². The molecule has 0 aliphatic heterocycles. The SMILES string of the molecule is CC(O)(C(=O)O)c1cccc(CNC(=O)Nc2cc(Cl)c(-c3ccccc3C(F)(F)F)c(Cl)c2)c1. The monoisotopic (exact) mass is 526 g/mol. The van der Waals surface area contributed by atoms with Crippen molar-refractivity contribution in [2.24, 2.45) is 0 Å². The van der Waals surface area contributed by atoms with E-state index in [4.69, 9.17) is 28.3 Å². The Morgan fingerprint density at radius 3 is 2.20 bits per heavy atom. The van der Waals surface area contributed by atoms with Gasteiger partial charge in [0.25, 0.3) is 0 Å². The fourth-order valence-corrected chi connectivity index (χ4v) is 4.01. The van der Waals surface area contributed by atoms with Gasteiger partial charge in [-0.2, -0.15) is 13.2 Å². The second-order valence-electron chi connectivity index (χ2n) is 7.74. The Balaban J connectivity index is 1.75. The third-order valence-electron chi connectivity index (χ3n) is 5.16. The van der Waals surface area contributed by atoms with E-state index >= 15 is 0 Å². The summed E-state index contributed by atoms with van der Waals surface area (Å²) in [4.78, 5) is 23.6. The Hall–Kier alpha value is -3.27. The lowest BCUT2D eigenvalue weighted by Gasteiger charge is -2.19. The van der Waals surface area contributed by atoms with Crippen LogP contribution in [-0.2, 0) is 23.1 Å². The molecular weight excluding hydrogens is 508 g/mol. The molecule has 0 aliphatic rings. The van der Waals surface area contributed by atoms with Crippen molar-refractivity contribution < 1.29 is 33.0 Å². The summed E-state index contributed by atoms with van der Waals surface area (Å²) in [6.45, 7) is 1.13. The first-order chi connectivity index (χ1) is 16.3. The summed E-state index contributed by atoms with van der Waals surface area (Å²) in [5.41, 5.74) is -2.40. The van der Waals surface area contributed by atoms with Crippen LogP contribution in [0.5, 0.6) is 0 Å². The molecular formula is C24H19Cl2F3N2O4. The van der Waals surface area contributed by atoms with Gasteiger partial charge in [0, 0.05) is 17.8 Å². The standard InChI is InChI=1S/C24H19Cl2F3N2O4/c1-23(35,21(32)33)14-6-4-5-13(9-14)12-30-22(34)31-15-10-18(25)20(19(26)11-15)16-7-2-3-8-17(16)24(27,28)29/h2-11,35H,12H2,1H3,(H,32,33)(H2,30,31,34). The molecule has 0 radical (unpaired) electrons. The van der Waals surface area contributed by atoms with Crippen molar-refractivity contribution in [3.05, 3.63) is 87.4 Å². The van der Waals surface area contributed by atoms with Gasteiger partial charge in [-0.1, -0.05) is 65.7 Å². The zero-order chi connectivity index (χ0) is 26.0. The highest BCUT2D eigenvalue weighted by molar-refractivity contribution is 6.39. The Kier molecular flexibility index (Phi) is 7.64. The van der Waals surface area contributed by atoms with E-state index < -0.39 is 29.3 Å². The maximum atomic E-state index is 13.4. The van der Waals surface area contributed by atoms with Crippen LogP contribution in [0, 0.1) is 0 Å². The van der Waals surface area contributed by atoms with Crippen molar-refractivity contribution in [2.45, 2.75) is 25.2 Å². The Morgan fingerprint density at radius 2 is 1.60 bits per heavy atom. The number of aliphatic hydroxyl groups is 1. The van der Waals surface area contributed by atoms with Crippen molar-refractivity contribution in [1.82, 2.24) is 5.32 Å². The van der Waals surface area contributed by atoms with Crippen LogP contribution in [0.2, 0.25) is 10.0 Å². The first-order valence-electron chi connectivity index (χ1n) is 10.1. The molecule has 4 N–H and O–H groups in total. The maximum Gasteiger partial charge on any atom is 0.417 e. The highest BCUT2D eigenvalue weighted by Crippen LogP contribution is 2.43. The molecule has 2 amide bonds. The number of alkyl halides is 3. The predicted molar refractivity (Wildman–Crippen MR) is 126 cm³/mol. The number of rotatable bonds is 6. The van der Waals surface area contributed by atoms with Crippen LogP contribution in [-0.4, -0.2) is 22.2 Å². The topological polar surface area (TPSA) is 98.7 Å². The van der Waals surface area contributed by atoms with Gasteiger partial charge in [0.05, 0.1) is 15.6 Å². The van der Waals surface area contributed by atoms with E-state index in [9.17, 15) is 27.9 Å². The summed E-state index contributed by atoms with van der Waals surface area (Å²) in [5.74, 6) is -1.42. The summed E-state index contributed by atoms with van der Waals surface area (Å²) in [6, 6.07) is 12.8. The van der Waals surface area contributed by atoms with Crippen molar-refractivity contribution >= 4 is 40.9 Å². The number of benzene rings is 3. The molecule has 1 unspecified atom stereocenters.